The van der Waals surface area contributed by atoms with Crippen molar-refractivity contribution in [2.45, 2.75) is 18.2 Å². The van der Waals surface area contributed by atoms with Crippen molar-refractivity contribution in [2.75, 3.05) is 31.7 Å². The molecular formula is C14H19BrFNO. The number of anilines is 1. The zero-order valence-corrected chi connectivity index (χ0v) is 12.2. The third-order valence-corrected chi connectivity index (χ3v) is 4.05. The van der Waals surface area contributed by atoms with Gasteiger partial charge in [-0.3, -0.25) is 0 Å². The molecule has 0 N–H and O–H groups in total. The summed E-state index contributed by atoms with van der Waals surface area (Å²) in [5, 5.41) is 0.686. The van der Waals surface area contributed by atoms with Crippen molar-refractivity contribution in [1.29, 1.82) is 0 Å². The van der Waals surface area contributed by atoms with Crippen LogP contribution >= 0.6 is 15.9 Å². The Bertz CT molecular complexity index is 397. The zero-order valence-electron chi connectivity index (χ0n) is 10.7. The summed E-state index contributed by atoms with van der Waals surface area (Å²) >= 11 is 3.44. The molecule has 1 aromatic carbocycles. The molecule has 0 saturated carbocycles. The van der Waals surface area contributed by atoms with Gasteiger partial charge in [-0.2, -0.15) is 0 Å². The fraction of sp³-hybridized carbons (Fsp3) is 0.571. The molecule has 1 atom stereocenters. The summed E-state index contributed by atoms with van der Waals surface area (Å²) in [4.78, 5) is 2.35. The highest BCUT2D eigenvalue weighted by atomic mass is 79.9. The summed E-state index contributed by atoms with van der Waals surface area (Å²) in [5.41, 5.74) is 2.17. The fourth-order valence-corrected chi connectivity index (χ4v) is 3.07. The van der Waals surface area contributed by atoms with E-state index in [0.29, 0.717) is 11.2 Å². The molecule has 0 aliphatic carbocycles. The molecule has 0 spiro atoms. The minimum Gasteiger partial charge on any atom is -0.384 e. The third kappa shape index (κ3) is 3.23. The van der Waals surface area contributed by atoms with Crippen LogP contribution in [0.25, 0.3) is 0 Å². The average Bonchev–Trinajstić information content (AvgIpc) is 2.39. The molecule has 1 aromatic rings. The van der Waals surface area contributed by atoms with Gasteiger partial charge in [0.1, 0.15) is 5.82 Å². The molecule has 1 fully saturated rings. The Labute approximate surface area is 116 Å². The van der Waals surface area contributed by atoms with Crippen LogP contribution in [0.2, 0.25) is 0 Å². The van der Waals surface area contributed by atoms with Gasteiger partial charge in [-0.15, -0.1) is 0 Å². The quantitative estimate of drug-likeness (QED) is 0.787. The van der Waals surface area contributed by atoms with Crippen LogP contribution in [0.5, 0.6) is 0 Å². The Balaban J connectivity index is 2.15. The van der Waals surface area contributed by atoms with Gasteiger partial charge < -0.3 is 9.64 Å². The van der Waals surface area contributed by atoms with Gasteiger partial charge in [-0.25, -0.2) is 4.39 Å². The van der Waals surface area contributed by atoms with Crippen molar-refractivity contribution in [2.24, 2.45) is 5.92 Å². The number of halogens is 2. The normalized spacial score (nSPS) is 20.2. The molecule has 0 amide bonds. The Morgan fingerprint density at radius 1 is 1.50 bits per heavy atom. The van der Waals surface area contributed by atoms with Crippen molar-refractivity contribution in [3.8, 4) is 0 Å². The predicted octanol–water partition coefficient (Wildman–Crippen LogP) is 3.58. The lowest BCUT2D eigenvalue weighted by Gasteiger charge is -2.35. The van der Waals surface area contributed by atoms with Gasteiger partial charge in [0, 0.05) is 31.2 Å². The molecule has 18 heavy (non-hydrogen) atoms. The molecule has 0 aromatic heterocycles. The number of piperidine rings is 1. The van der Waals surface area contributed by atoms with Gasteiger partial charge >= 0.3 is 0 Å². The lowest BCUT2D eigenvalue weighted by Crippen LogP contribution is -2.37. The van der Waals surface area contributed by atoms with E-state index in [2.05, 4.69) is 20.8 Å². The van der Waals surface area contributed by atoms with Crippen LogP contribution in [-0.2, 0) is 10.1 Å². The van der Waals surface area contributed by atoms with Crippen molar-refractivity contribution in [1.82, 2.24) is 0 Å². The van der Waals surface area contributed by atoms with Gasteiger partial charge in [0.25, 0.3) is 0 Å². The highest BCUT2D eigenvalue weighted by Gasteiger charge is 2.21. The van der Waals surface area contributed by atoms with Crippen LogP contribution in [0.3, 0.4) is 0 Å². The highest BCUT2D eigenvalue weighted by Crippen LogP contribution is 2.28. The van der Waals surface area contributed by atoms with E-state index in [1.54, 1.807) is 19.2 Å². The van der Waals surface area contributed by atoms with E-state index in [4.69, 9.17) is 4.74 Å². The maximum absolute atomic E-state index is 13.2. The Morgan fingerprint density at radius 3 is 3.06 bits per heavy atom. The Hall–Kier alpha value is -0.610. The number of alkyl halides is 1. The van der Waals surface area contributed by atoms with E-state index in [9.17, 15) is 4.39 Å². The van der Waals surface area contributed by atoms with Crippen molar-refractivity contribution in [3.05, 3.63) is 29.6 Å². The average molecular weight is 316 g/mol. The van der Waals surface area contributed by atoms with Crippen LogP contribution in [0.15, 0.2) is 18.2 Å². The molecule has 1 saturated heterocycles. The largest absolute Gasteiger partial charge is 0.384 e. The van der Waals surface area contributed by atoms with E-state index in [1.165, 1.54) is 12.8 Å². The van der Waals surface area contributed by atoms with Crippen molar-refractivity contribution >= 4 is 21.6 Å². The van der Waals surface area contributed by atoms with E-state index in [-0.39, 0.29) is 5.82 Å². The topological polar surface area (TPSA) is 12.5 Å². The zero-order chi connectivity index (χ0) is 13.0. The monoisotopic (exact) mass is 315 g/mol. The Kier molecular flexibility index (Phi) is 5.01. The first-order chi connectivity index (χ1) is 8.74. The van der Waals surface area contributed by atoms with Gasteiger partial charge in [-0.1, -0.05) is 15.9 Å². The Morgan fingerprint density at radius 2 is 2.33 bits per heavy atom. The van der Waals surface area contributed by atoms with Gasteiger partial charge in [0.05, 0.1) is 6.61 Å². The summed E-state index contributed by atoms with van der Waals surface area (Å²) in [5.74, 6) is 0.413. The maximum atomic E-state index is 13.2. The number of hydrogen-bond acceptors (Lipinski definition) is 2. The summed E-state index contributed by atoms with van der Waals surface area (Å²) in [6, 6.07) is 5.05. The molecular weight excluding hydrogens is 297 g/mol. The van der Waals surface area contributed by atoms with Crippen LogP contribution in [0, 0.1) is 11.7 Å². The molecule has 0 radical (unpaired) electrons. The number of benzene rings is 1. The van der Waals surface area contributed by atoms with E-state index in [1.807, 2.05) is 6.07 Å². The second-order valence-corrected chi connectivity index (χ2v) is 5.38. The molecule has 2 rings (SSSR count). The van der Waals surface area contributed by atoms with E-state index >= 15 is 0 Å². The number of nitrogens with zero attached hydrogens (tertiary/aromatic N) is 1. The van der Waals surface area contributed by atoms with Crippen LogP contribution in [0.1, 0.15) is 18.4 Å². The fourth-order valence-electron chi connectivity index (χ4n) is 2.63. The summed E-state index contributed by atoms with van der Waals surface area (Å²) in [6.45, 7) is 2.85. The van der Waals surface area contributed by atoms with Gasteiger partial charge in [0.15, 0.2) is 0 Å². The van der Waals surface area contributed by atoms with Crippen molar-refractivity contribution < 1.29 is 9.13 Å². The van der Waals surface area contributed by atoms with E-state index in [0.717, 1.165) is 30.9 Å². The lowest BCUT2D eigenvalue weighted by molar-refractivity contribution is 0.143. The molecule has 100 valence electrons. The lowest BCUT2D eigenvalue weighted by atomic mass is 9.98. The number of ether oxygens (including phenoxy) is 1. The molecule has 2 nitrogen and oxygen atoms in total. The molecule has 1 aliphatic rings. The molecule has 0 bridgehead atoms. The molecule has 1 unspecified atom stereocenters. The minimum absolute atomic E-state index is 0.168. The summed E-state index contributed by atoms with van der Waals surface area (Å²) in [7, 11) is 1.75. The number of hydrogen-bond donors (Lipinski definition) is 0. The van der Waals surface area contributed by atoms with Gasteiger partial charge in [0.2, 0.25) is 0 Å². The van der Waals surface area contributed by atoms with E-state index < -0.39 is 0 Å². The highest BCUT2D eigenvalue weighted by molar-refractivity contribution is 9.08. The van der Waals surface area contributed by atoms with Gasteiger partial charge in [-0.05, 0) is 42.5 Å². The first kappa shape index (κ1) is 13.8. The third-order valence-electron chi connectivity index (χ3n) is 3.45. The summed E-state index contributed by atoms with van der Waals surface area (Å²) in [6.07, 6.45) is 2.39. The molecule has 1 heterocycles. The second kappa shape index (κ2) is 6.53. The standard InChI is InChI=1S/C14H19BrFNO/c1-18-10-11-3-2-6-17(9-11)14-5-4-13(16)7-12(14)8-15/h4-5,7,11H,2-3,6,8-10H2,1H3. The summed E-state index contributed by atoms with van der Waals surface area (Å²) < 4.78 is 18.5. The molecule has 4 heteroatoms. The predicted molar refractivity (Wildman–Crippen MR) is 75.8 cm³/mol. The first-order valence-electron chi connectivity index (χ1n) is 6.33. The SMILES string of the molecule is COCC1CCCN(c2ccc(F)cc2CBr)C1. The smallest absolute Gasteiger partial charge is 0.123 e. The van der Waals surface area contributed by atoms with Crippen molar-refractivity contribution in [3.63, 3.8) is 0 Å². The first-order valence-corrected chi connectivity index (χ1v) is 7.45. The maximum Gasteiger partial charge on any atom is 0.123 e. The van der Waals surface area contributed by atoms with Crippen LogP contribution < -0.4 is 4.90 Å². The van der Waals surface area contributed by atoms with Crippen LogP contribution in [0.4, 0.5) is 10.1 Å². The molecule has 1 aliphatic heterocycles. The second-order valence-electron chi connectivity index (χ2n) is 4.82. The number of rotatable bonds is 4. The number of methoxy groups -OCH3 is 1. The van der Waals surface area contributed by atoms with Crippen LogP contribution in [-0.4, -0.2) is 26.8 Å². The minimum atomic E-state index is -0.168.